The van der Waals surface area contributed by atoms with E-state index in [1.807, 2.05) is 0 Å². The second kappa shape index (κ2) is 8.24. The molecule has 0 amide bonds. The Balaban J connectivity index is 0. The summed E-state index contributed by atoms with van der Waals surface area (Å²) in [6, 6.07) is 0. The van der Waals surface area contributed by atoms with Crippen LogP contribution in [0.3, 0.4) is 0 Å². The van der Waals surface area contributed by atoms with Gasteiger partial charge in [-0.15, -0.1) is 0 Å². The molecular weight excluding hydrogens is 288 g/mol. The topological polar surface area (TPSA) is 0 Å². The molecule has 0 aliphatic heterocycles. The largest absolute Gasteiger partial charge is 0.0685 e. The van der Waals surface area contributed by atoms with Crippen molar-refractivity contribution in [1.82, 2.24) is 0 Å². The van der Waals surface area contributed by atoms with E-state index in [0.717, 1.165) is 0 Å². The maximum Gasteiger partial charge on any atom is -0.0173 e. The van der Waals surface area contributed by atoms with E-state index < -0.39 is 0 Å². The van der Waals surface area contributed by atoms with E-state index in [-0.39, 0.29) is 0 Å². The van der Waals surface area contributed by atoms with Crippen LogP contribution in [0.25, 0.3) is 0 Å². The molecule has 0 aromatic carbocycles. The Bertz CT molecular complexity index is 364. The summed E-state index contributed by atoms with van der Waals surface area (Å²) in [4.78, 5) is 0. The zero-order valence-corrected chi connectivity index (χ0v) is 20.0. The van der Waals surface area contributed by atoms with Crippen molar-refractivity contribution in [2.75, 3.05) is 0 Å². The van der Waals surface area contributed by atoms with Gasteiger partial charge in [0, 0.05) is 0 Å². The molecular formula is C24H48. The minimum Gasteiger partial charge on any atom is -0.0685 e. The van der Waals surface area contributed by atoms with Crippen LogP contribution in [0.4, 0.5) is 0 Å². The number of rotatable bonds is 0. The van der Waals surface area contributed by atoms with Crippen molar-refractivity contribution in [1.29, 1.82) is 0 Å². The normalized spacial score (nSPS) is 16.0. The Labute approximate surface area is 155 Å². The van der Waals surface area contributed by atoms with Crippen LogP contribution in [0, 0.1) is 21.7 Å². The van der Waals surface area contributed by atoms with Crippen LogP contribution in [-0.2, 0) is 0 Å². The van der Waals surface area contributed by atoms with Crippen molar-refractivity contribution >= 4 is 0 Å². The van der Waals surface area contributed by atoms with Crippen LogP contribution >= 0.6 is 0 Å². The highest BCUT2D eigenvalue weighted by molar-refractivity contribution is 5.21. The lowest BCUT2D eigenvalue weighted by atomic mass is 9.76. The van der Waals surface area contributed by atoms with E-state index in [1.165, 1.54) is 22.3 Å². The summed E-state index contributed by atoms with van der Waals surface area (Å²) in [5, 5.41) is 0. The molecule has 0 heterocycles. The average molecular weight is 337 g/mol. The fourth-order valence-corrected chi connectivity index (χ4v) is 2.25. The molecule has 0 aromatic heterocycles. The highest BCUT2D eigenvalue weighted by Crippen LogP contribution is 2.36. The molecule has 0 unspecified atom stereocenters. The summed E-state index contributed by atoms with van der Waals surface area (Å²) in [5.41, 5.74) is 7.36. The fourth-order valence-electron chi connectivity index (χ4n) is 2.25. The van der Waals surface area contributed by atoms with Gasteiger partial charge in [0.2, 0.25) is 0 Å². The van der Waals surface area contributed by atoms with Gasteiger partial charge in [0.25, 0.3) is 0 Å². The van der Waals surface area contributed by atoms with E-state index in [9.17, 15) is 0 Å². The van der Waals surface area contributed by atoms with Gasteiger partial charge in [-0.3, -0.25) is 0 Å². The summed E-state index contributed by atoms with van der Waals surface area (Å²) >= 11 is 0. The van der Waals surface area contributed by atoms with E-state index in [0.29, 0.717) is 21.7 Å². The van der Waals surface area contributed by atoms with E-state index >= 15 is 0 Å². The molecule has 0 aliphatic carbocycles. The van der Waals surface area contributed by atoms with Gasteiger partial charge < -0.3 is 0 Å². The maximum absolute atomic E-state index is 2.28. The molecule has 0 aromatic rings. The Kier molecular flexibility index (Phi) is 8.83. The third-order valence-electron chi connectivity index (χ3n) is 5.62. The molecule has 0 spiro atoms. The molecule has 24 heavy (non-hydrogen) atoms. The van der Waals surface area contributed by atoms with E-state index in [4.69, 9.17) is 0 Å². The molecule has 0 saturated carbocycles. The third kappa shape index (κ3) is 9.09. The smallest absolute Gasteiger partial charge is 0.0173 e. The van der Waals surface area contributed by atoms with Gasteiger partial charge in [0.15, 0.2) is 0 Å². The lowest BCUT2D eigenvalue weighted by Gasteiger charge is -2.29. The predicted octanol–water partition coefficient (Wildman–Crippen LogP) is 8.83. The molecule has 0 N–H and O–H groups in total. The Morgan fingerprint density at radius 1 is 0.292 bits per heavy atom. The van der Waals surface area contributed by atoms with Crippen molar-refractivity contribution in [2.24, 2.45) is 21.7 Å². The van der Waals surface area contributed by atoms with E-state index in [2.05, 4.69) is 111 Å². The first kappa shape index (κ1) is 25.7. The lowest BCUT2D eigenvalue weighted by Crippen LogP contribution is -2.16. The monoisotopic (exact) mass is 336 g/mol. The van der Waals surface area contributed by atoms with Crippen LogP contribution in [0.2, 0.25) is 0 Å². The Hall–Kier alpha value is -0.520. The zero-order valence-electron chi connectivity index (χ0n) is 20.0. The van der Waals surface area contributed by atoms with Crippen LogP contribution in [0.5, 0.6) is 0 Å². The van der Waals surface area contributed by atoms with E-state index in [1.54, 1.807) is 0 Å². The molecule has 0 aliphatic rings. The molecule has 0 saturated heterocycles. The number of hydrogen-bond donors (Lipinski definition) is 0. The third-order valence-corrected chi connectivity index (χ3v) is 5.62. The summed E-state index contributed by atoms with van der Waals surface area (Å²) in [5.74, 6) is 0. The Morgan fingerprint density at radius 3 is 0.417 bits per heavy atom. The van der Waals surface area contributed by atoms with Crippen LogP contribution < -0.4 is 0 Å². The van der Waals surface area contributed by atoms with Crippen molar-refractivity contribution in [2.45, 2.75) is 111 Å². The molecule has 0 rings (SSSR count). The first-order chi connectivity index (χ1) is 10.1. The maximum atomic E-state index is 2.28. The van der Waals surface area contributed by atoms with Crippen LogP contribution in [0.15, 0.2) is 22.3 Å². The van der Waals surface area contributed by atoms with Crippen LogP contribution in [-0.4, -0.2) is 0 Å². The molecule has 0 radical (unpaired) electrons. The second-order valence-electron chi connectivity index (χ2n) is 11.5. The quantitative estimate of drug-likeness (QED) is 0.387. The van der Waals surface area contributed by atoms with Crippen molar-refractivity contribution in [3.05, 3.63) is 22.3 Å². The SMILES string of the molecule is C/C(=C(/C)C(C)(C)C)C(C)(C)C.C/C(=C(\C)C(C)(C)C)C(C)(C)C. The Morgan fingerprint density at radius 2 is 0.375 bits per heavy atom. The molecule has 0 heteroatoms. The molecule has 0 fully saturated rings. The summed E-state index contributed by atoms with van der Waals surface area (Å²) in [7, 11) is 0. The van der Waals surface area contributed by atoms with Crippen molar-refractivity contribution < 1.29 is 0 Å². The van der Waals surface area contributed by atoms with Gasteiger partial charge in [-0.1, -0.05) is 105 Å². The molecule has 144 valence electrons. The standard InChI is InChI=1S/2C12H24/c2*1-9(11(3,4)5)10(2)12(6,7)8/h2*1-8H3/b10-9+;10-9-. The first-order valence-electron chi connectivity index (χ1n) is 9.50. The molecule has 0 bridgehead atoms. The minimum absolute atomic E-state index is 0.317. The van der Waals surface area contributed by atoms with Crippen molar-refractivity contribution in [3.8, 4) is 0 Å². The molecule has 0 nitrogen and oxygen atoms in total. The summed E-state index contributed by atoms with van der Waals surface area (Å²) in [6.07, 6.45) is 0. The van der Waals surface area contributed by atoms with Gasteiger partial charge in [0.1, 0.15) is 0 Å². The average Bonchev–Trinajstić information content (AvgIpc) is 2.31. The highest BCUT2D eigenvalue weighted by Gasteiger charge is 2.22. The van der Waals surface area contributed by atoms with Gasteiger partial charge in [-0.2, -0.15) is 0 Å². The minimum atomic E-state index is 0.317. The summed E-state index contributed by atoms with van der Waals surface area (Å²) in [6.45, 7) is 36.3. The molecule has 0 atom stereocenters. The van der Waals surface area contributed by atoms with Crippen LogP contribution in [0.1, 0.15) is 111 Å². The van der Waals surface area contributed by atoms with Gasteiger partial charge in [-0.05, 0) is 49.4 Å². The second-order valence-corrected chi connectivity index (χ2v) is 11.5. The highest BCUT2D eigenvalue weighted by atomic mass is 14.3. The zero-order chi connectivity index (χ0) is 20.3. The van der Waals surface area contributed by atoms with Gasteiger partial charge in [-0.25, -0.2) is 0 Å². The number of allylic oxidation sites excluding steroid dienone is 4. The van der Waals surface area contributed by atoms with Gasteiger partial charge >= 0.3 is 0 Å². The summed E-state index contributed by atoms with van der Waals surface area (Å²) < 4.78 is 0. The lowest BCUT2D eigenvalue weighted by molar-refractivity contribution is 0.445. The number of hydrogen-bond acceptors (Lipinski definition) is 0. The van der Waals surface area contributed by atoms with Gasteiger partial charge in [0.05, 0.1) is 0 Å². The predicted molar refractivity (Wildman–Crippen MR) is 115 cm³/mol. The van der Waals surface area contributed by atoms with Crippen molar-refractivity contribution in [3.63, 3.8) is 0 Å². The fraction of sp³-hybridized carbons (Fsp3) is 0.833. The first-order valence-corrected chi connectivity index (χ1v) is 9.50.